The first-order valence-corrected chi connectivity index (χ1v) is 7.26. The van der Waals surface area contributed by atoms with Crippen LogP contribution in [0.2, 0.25) is 0 Å². The Bertz CT molecular complexity index is 576. The lowest BCUT2D eigenvalue weighted by Gasteiger charge is -2.22. The Morgan fingerprint density at radius 1 is 1.00 bits per heavy atom. The minimum Gasteiger partial charge on any atom is -0.497 e. The molecule has 1 aliphatic heterocycles. The Morgan fingerprint density at radius 3 is 2.45 bits per heavy atom. The highest BCUT2D eigenvalue weighted by molar-refractivity contribution is 5.85. The van der Waals surface area contributed by atoms with E-state index < -0.39 is 0 Å². The molecule has 3 heteroatoms. The summed E-state index contributed by atoms with van der Waals surface area (Å²) in [6.07, 6.45) is 2.42. The van der Waals surface area contributed by atoms with Gasteiger partial charge in [0.1, 0.15) is 11.5 Å². The molecule has 1 N–H and O–H groups in total. The Morgan fingerprint density at radius 2 is 1.70 bits per heavy atom. The van der Waals surface area contributed by atoms with Crippen LogP contribution in [0.4, 0.5) is 0 Å². The molecule has 1 aliphatic rings. The van der Waals surface area contributed by atoms with Crippen molar-refractivity contribution in [2.75, 3.05) is 26.8 Å². The maximum atomic E-state index is 5.96. The lowest BCUT2D eigenvalue weighted by Crippen LogP contribution is -2.30. The van der Waals surface area contributed by atoms with E-state index in [9.17, 15) is 0 Å². The zero-order valence-corrected chi connectivity index (χ0v) is 11.9. The zero-order valence-electron chi connectivity index (χ0n) is 11.9. The van der Waals surface area contributed by atoms with E-state index in [-0.39, 0.29) is 0 Å². The Hall–Kier alpha value is -1.74. The molecular weight excluding hydrogens is 250 g/mol. The quantitative estimate of drug-likeness (QED) is 0.926. The molecule has 1 fully saturated rings. The van der Waals surface area contributed by atoms with E-state index in [1.165, 1.54) is 18.2 Å². The van der Waals surface area contributed by atoms with Crippen LogP contribution in [-0.4, -0.2) is 26.8 Å². The van der Waals surface area contributed by atoms with Crippen LogP contribution in [-0.2, 0) is 0 Å². The highest BCUT2D eigenvalue weighted by atomic mass is 16.5. The van der Waals surface area contributed by atoms with Crippen molar-refractivity contribution in [2.24, 2.45) is 5.92 Å². The number of nitrogens with one attached hydrogen (secondary N) is 1. The van der Waals surface area contributed by atoms with Gasteiger partial charge in [-0.15, -0.1) is 0 Å². The van der Waals surface area contributed by atoms with Crippen molar-refractivity contribution in [3.05, 3.63) is 36.4 Å². The Labute approximate surface area is 119 Å². The molecule has 20 heavy (non-hydrogen) atoms. The molecule has 0 bridgehead atoms. The SMILES string of the molecule is COc1ccc2ccc(OCC3CCNCC3)cc2c1. The lowest BCUT2D eigenvalue weighted by atomic mass is 9.99. The van der Waals surface area contributed by atoms with Crippen LogP contribution in [0.25, 0.3) is 10.8 Å². The molecule has 3 nitrogen and oxygen atoms in total. The normalized spacial score (nSPS) is 16.2. The number of benzene rings is 2. The summed E-state index contributed by atoms with van der Waals surface area (Å²) in [5.74, 6) is 2.51. The fourth-order valence-electron chi connectivity index (χ4n) is 2.68. The second-order valence-corrected chi connectivity index (χ2v) is 5.38. The van der Waals surface area contributed by atoms with Crippen LogP contribution >= 0.6 is 0 Å². The van der Waals surface area contributed by atoms with Gasteiger partial charge in [0.25, 0.3) is 0 Å². The highest BCUT2D eigenvalue weighted by Crippen LogP contribution is 2.25. The van der Waals surface area contributed by atoms with Crippen molar-refractivity contribution in [2.45, 2.75) is 12.8 Å². The van der Waals surface area contributed by atoms with Crippen molar-refractivity contribution in [3.63, 3.8) is 0 Å². The molecular formula is C17H21NO2. The summed E-state index contributed by atoms with van der Waals surface area (Å²) in [5.41, 5.74) is 0. The van der Waals surface area contributed by atoms with E-state index in [4.69, 9.17) is 9.47 Å². The predicted octanol–water partition coefficient (Wildman–Crippen LogP) is 3.23. The van der Waals surface area contributed by atoms with Gasteiger partial charge in [-0.05, 0) is 66.9 Å². The Balaban J connectivity index is 1.71. The molecule has 2 aromatic carbocycles. The molecule has 1 saturated heterocycles. The summed E-state index contributed by atoms with van der Waals surface area (Å²) in [5, 5.41) is 5.75. The number of piperidine rings is 1. The van der Waals surface area contributed by atoms with Gasteiger partial charge in [0, 0.05) is 0 Å². The van der Waals surface area contributed by atoms with Gasteiger partial charge in [-0.2, -0.15) is 0 Å². The van der Waals surface area contributed by atoms with Gasteiger partial charge in [0.15, 0.2) is 0 Å². The molecule has 0 radical (unpaired) electrons. The second-order valence-electron chi connectivity index (χ2n) is 5.38. The number of hydrogen-bond donors (Lipinski definition) is 1. The molecule has 2 aromatic rings. The molecule has 106 valence electrons. The van der Waals surface area contributed by atoms with E-state index in [1.807, 2.05) is 12.1 Å². The largest absolute Gasteiger partial charge is 0.497 e. The Kier molecular flexibility index (Phi) is 4.07. The molecule has 0 aromatic heterocycles. The van der Waals surface area contributed by atoms with E-state index in [1.54, 1.807) is 7.11 Å². The third-order valence-electron chi connectivity index (χ3n) is 3.96. The number of methoxy groups -OCH3 is 1. The van der Waals surface area contributed by atoms with Crippen LogP contribution in [0.15, 0.2) is 36.4 Å². The zero-order chi connectivity index (χ0) is 13.8. The molecule has 0 aliphatic carbocycles. The molecule has 0 atom stereocenters. The second kappa shape index (κ2) is 6.14. The predicted molar refractivity (Wildman–Crippen MR) is 81.6 cm³/mol. The highest BCUT2D eigenvalue weighted by Gasteiger charge is 2.13. The number of rotatable bonds is 4. The van der Waals surface area contributed by atoms with Crippen molar-refractivity contribution in [1.82, 2.24) is 5.32 Å². The fraction of sp³-hybridized carbons (Fsp3) is 0.412. The van der Waals surface area contributed by atoms with Gasteiger partial charge < -0.3 is 14.8 Å². The van der Waals surface area contributed by atoms with Crippen LogP contribution < -0.4 is 14.8 Å². The maximum Gasteiger partial charge on any atom is 0.119 e. The van der Waals surface area contributed by atoms with Gasteiger partial charge in [0.2, 0.25) is 0 Å². The van der Waals surface area contributed by atoms with Crippen molar-refractivity contribution >= 4 is 10.8 Å². The maximum absolute atomic E-state index is 5.96. The summed E-state index contributed by atoms with van der Waals surface area (Å²) < 4.78 is 11.2. The van der Waals surface area contributed by atoms with Gasteiger partial charge in [0.05, 0.1) is 13.7 Å². The van der Waals surface area contributed by atoms with Gasteiger partial charge in [-0.25, -0.2) is 0 Å². The first kappa shape index (κ1) is 13.3. The number of hydrogen-bond acceptors (Lipinski definition) is 3. The molecule has 0 saturated carbocycles. The molecule has 0 spiro atoms. The number of ether oxygens (including phenoxy) is 2. The van der Waals surface area contributed by atoms with Crippen LogP contribution in [0.1, 0.15) is 12.8 Å². The van der Waals surface area contributed by atoms with Crippen molar-refractivity contribution in [3.8, 4) is 11.5 Å². The smallest absolute Gasteiger partial charge is 0.119 e. The average Bonchev–Trinajstić information content (AvgIpc) is 2.53. The number of fused-ring (bicyclic) bond motifs is 1. The molecule has 0 amide bonds. The van der Waals surface area contributed by atoms with Crippen molar-refractivity contribution in [1.29, 1.82) is 0 Å². The summed E-state index contributed by atoms with van der Waals surface area (Å²) >= 11 is 0. The van der Waals surface area contributed by atoms with Crippen LogP contribution in [0.3, 0.4) is 0 Å². The van der Waals surface area contributed by atoms with Crippen LogP contribution in [0, 0.1) is 5.92 Å². The van der Waals surface area contributed by atoms with E-state index >= 15 is 0 Å². The van der Waals surface area contributed by atoms with Gasteiger partial charge in [-0.1, -0.05) is 12.1 Å². The van der Waals surface area contributed by atoms with Gasteiger partial charge in [-0.3, -0.25) is 0 Å². The minimum atomic E-state index is 0.678. The fourth-order valence-corrected chi connectivity index (χ4v) is 2.68. The summed E-state index contributed by atoms with van der Waals surface area (Å²) in [4.78, 5) is 0. The topological polar surface area (TPSA) is 30.5 Å². The average molecular weight is 271 g/mol. The monoisotopic (exact) mass is 271 g/mol. The minimum absolute atomic E-state index is 0.678. The molecule has 3 rings (SSSR count). The summed E-state index contributed by atoms with van der Waals surface area (Å²) in [6, 6.07) is 12.4. The lowest BCUT2D eigenvalue weighted by molar-refractivity contribution is 0.215. The standard InChI is InChI=1S/C17H21NO2/c1-19-16-4-2-14-3-5-17(11-15(14)10-16)20-12-13-6-8-18-9-7-13/h2-5,10-11,13,18H,6-9,12H2,1H3. The van der Waals surface area contributed by atoms with E-state index in [2.05, 4.69) is 29.6 Å². The van der Waals surface area contributed by atoms with Crippen molar-refractivity contribution < 1.29 is 9.47 Å². The van der Waals surface area contributed by atoms with Crippen LogP contribution in [0.5, 0.6) is 11.5 Å². The molecule has 0 unspecified atom stereocenters. The van der Waals surface area contributed by atoms with E-state index in [0.29, 0.717) is 5.92 Å². The third kappa shape index (κ3) is 3.05. The van der Waals surface area contributed by atoms with E-state index in [0.717, 1.165) is 36.6 Å². The van der Waals surface area contributed by atoms with Gasteiger partial charge >= 0.3 is 0 Å². The third-order valence-corrected chi connectivity index (χ3v) is 3.96. The molecule has 1 heterocycles. The first-order chi connectivity index (χ1) is 9.85. The summed E-state index contributed by atoms with van der Waals surface area (Å²) in [7, 11) is 1.69. The first-order valence-electron chi connectivity index (χ1n) is 7.26. The summed E-state index contributed by atoms with van der Waals surface area (Å²) in [6.45, 7) is 3.04.